The van der Waals surface area contributed by atoms with E-state index < -0.39 is 0 Å². The van der Waals surface area contributed by atoms with Gasteiger partial charge >= 0.3 is 0 Å². The average Bonchev–Trinajstić information content (AvgIpc) is 3.29. The van der Waals surface area contributed by atoms with E-state index in [4.69, 9.17) is 4.98 Å². The van der Waals surface area contributed by atoms with Crippen LogP contribution in [0.3, 0.4) is 0 Å². The molecule has 2 aromatic heterocycles. The minimum absolute atomic E-state index is 0.362. The Morgan fingerprint density at radius 2 is 1.71 bits per heavy atom. The summed E-state index contributed by atoms with van der Waals surface area (Å²) in [6.07, 6.45) is 11.9. The van der Waals surface area contributed by atoms with Crippen molar-refractivity contribution in [1.29, 1.82) is 0 Å². The minimum Gasteiger partial charge on any atom is -0.388 e. The fraction of sp³-hybridized carbons (Fsp3) is 0.500. The maximum absolute atomic E-state index is 11.2. The van der Waals surface area contributed by atoms with E-state index in [1.165, 1.54) is 49.0 Å². The number of fused-ring (bicyclic) bond motifs is 1. The molecule has 5 rings (SSSR count). The number of rotatable bonds is 5. The van der Waals surface area contributed by atoms with E-state index in [0.29, 0.717) is 11.8 Å². The fourth-order valence-corrected chi connectivity index (χ4v) is 5.29. The van der Waals surface area contributed by atoms with Crippen LogP contribution in [0.25, 0.3) is 5.52 Å². The lowest BCUT2D eigenvalue weighted by Crippen LogP contribution is -2.33. The number of imidazole rings is 1. The maximum atomic E-state index is 11.2. The van der Waals surface area contributed by atoms with E-state index in [0.717, 1.165) is 43.9 Å². The second-order valence-electron chi connectivity index (χ2n) is 9.78. The molecule has 0 spiro atoms. The summed E-state index contributed by atoms with van der Waals surface area (Å²) >= 11 is 0. The lowest BCUT2D eigenvalue weighted by molar-refractivity contribution is -0.119. The fourth-order valence-electron chi connectivity index (χ4n) is 5.29. The predicted octanol–water partition coefficient (Wildman–Crippen LogP) is 5.51. The third kappa shape index (κ3) is 5.54. The highest BCUT2D eigenvalue weighted by atomic mass is 16.1. The molecule has 1 unspecified atom stereocenters. The number of nitrogens with zero attached hydrogens (tertiary/aromatic N) is 4. The molecule has 6 heteroatoms. The van der Waals surface area contributed by atoms with Crippen LogP contribution in [0.4, 0.5) is 11.4 Å². The van der Waals surface area contributed by atoms with Gasteiger partial charge in [-0.05, 0) is 62.1 Å². The summed E-state index contributed by atoms with van der Waals surface area (Å²) in [5, 5.41) is 3.07. The molecule has 3 aromatic rings. The first-order valence-electron chi connectivity index (χ1n) is 12.7. The van der Waals surface area contributed by atoms with E-state index in [1.54, 1.807) is 0 Å². The highest BCUT2D eigenvalue weighted by molar-refractivity contribution is 5.56. The minimum atomic E-state index is 0.362. The van der Waals surface area contributed by atoms with E-state index in [-0.39, 0.29) is 0 Å². The second kappa shape index (κ2) is 11.4. The van der Waals surface area contributed by atoms with Crippen LogP contribution in [0.2, 0.25) is 0 Å². The van der Waals surface area contributed by atoms with Crippen molar-refractivity contribution < 1.29 is 4.79 Å². The summed E-state index contributed by atoms with van der Waals surface area (Å²) in [6, 6.07) is 14.7. The Labute approximate surface area is 204 Å². The standard InChI is InChI=1S/C19H25N3O.C9H14N2/c23-14-21-11-6-9-16(13-21)19-20-18(15-7-2-1-3-8-15)17-10-4-5-12-22(17)19;1-10-8-4-6-9(7-5-8)11(2)3/h4-5,10,12,14-16H,1-3,6-9,11,13H2;4-7,10H,1-3H3. The van der Waals surface area contributed by atoms with Gasteiger partial charge in [0, 0.05) is 63.6 Å². The molecule has 1 saturated carbocycles. The lowest BCUT2D eigenvalue weighted by Gasteiger charge is -2.29. The zero-order valence-corrected chi connectivity index (χ0v) is 20.9. The summed E-state index contributed by atoms with van der Waals surface area (Å²) in [5.41, 5.74) is 4.95. The number of carbonyl (C=O) groups is 1. The molecule has 0 bridgehead atoms. The molecule has 1 N–H and O–H groups in total. The Bertz CT molecular complexity index is 1050. The largest absolute Gasteiger partial charge is 0.388 e. The number of anilines is 2. The zero-order valence-electron chi connectivity index (χ0n) is 20.9. The number of hydrogen-bond acceptors (Lipinski definition) is 4. The summed E-state index contributed by atoms with van der Waals surface area (Å²) < 4.78 is 2.28. The molecular formula is C28H39N5O. The number of benzene rings is 1. The van der Waals surface area contributed by atoms with Crippen LogP contribution in [0.1, 0.15) is 68.3 Å². The van der Waals surface area contributed by atoms with Crippen molar-refractivity contribution in [2.75, 3.05) is 44.4 Å². The van der Waals surface area contributed by atoms with Crippen LogP contribution < -0.4 is 10.2 Å². The van der Waals surface area contributed by atoms with Crippen molar-refractivity contribution in [3.05, 3.63) is 60.2 Å². The number of pyridine rings is 1. The number of nitrogens with one attached hydrogen (secondary N) is 1. The Kier molecular flexibility index (Phi) is 8.09. The third-order valence-electron chi connectivity index (χ3n) is 7.24. The molecule has 3 heterocycles. The number of carbonyl (C=O) groups excluding carboxylic acids is 1. The molecule has 2 fully saturated rings. The van der Waals surface area contributed by atoms with Gasteiger partial charge in [-0.3, -0.25) is 4.79 Å². The van der Waals surface area contributed by atoms with Crippen molar-refractivity contribution in [2.45, 2.75) is 56.8 Å². The highest BCUT2D eigenvalue weighted by Crippen LogP contribution is 2.36. The number of amides is 1. The Morgan fingerprint density at radius 1 is 0.971 bits per heavy atom. The topological polar surface area (TPSA) is 52.9 Å². The predicted molar refractivity (Wildman–Crippen MR) is 141 cm³/mol. The smallest absolute Gasteiger partial charge is 0.209 e. The molecule has 6 nitrogen and oxygen atoms in total. The van der Waals surface area contributed by atoms with Gasteiger partial charge in [0.25, 0.3) is 0 Å². The monoisotopic (exact) mass is 461 g/mol. The molecular weight excluding hydrogens is 422 g/mol. The van der Waals surface area contributed by atoms with Crippen molar-refractivity contribution in [3.63, 3.8) is 0 Å². The Hall–Kier alpha value is -3.02. The van der Waals surface area contributed by atoms with E-state index >= 15 is 0 Å². The molecule has 1 amide bonds. The molecule has 182 valence electrons. The van der Waals surface area contributed by atoms with Gasteiger partial charge in [-0.1, -0.05) is 25.3 Å². The van der Waals surface area contributed by atoms with Gasteiger partial charge in [-0.15, -0.1) is 0 Å². The highest BCUT2D eigenvalue weighted by Gasteiger charge is 2.28. The third-order valence-corrected chi connectivity index (χ3v) is 7.24. The summed E-state index contributed by atoms with van der Waals surface area (Å²) in [5.74, 6) is 2.13. The molecule has 1 aromatic carbocycles. The van der Waals surface area contributed by atoms with Crippen LogP contribution in [0.5, 0.6) is 0 Å². The first-order valence-corrected chi connectivity index (χ1v) is 12.7. The molecule has 2 aliphatic rings. The summed E-state index contributed by atoms with van der Waals surface area (Å²) in [4.78, 5) is 20.3. The van der Waals surface area contributed by atoms with Gasteiger partial charge in [0.05, 0.1) is 11.2 Å². The van der Waals surface area contributed by atoms with E-state index in [2.05, 4.69) is 63.3 Å². The first kappa shape index (κ1) is 24.1. The van der Waals surface area contributed by atoms with Crippen LogP contribution in [-0.2, 0) is 4.79 Å². The van der Waals surface area contributed by atoms with Gasteiger partial charge in [-0.25, -0.2) is 4.98 Å². The van der Waals surface area contributed by atoms with Gasteiger partial charge < -0.3 is 19.5 Å². The number of likely N-dealkylation sites (tertiary alicyclic amines) is 1. The second-order valence-corrected chi connectivity index (χ2v) is 9.78. The number of hydrogen-bond donors (Lipinski definition) is 1. The van der Waals surface area contributed by atoms with Crippen LogP contribution in [0, 0.1) is 0 Å². The zero-order chi connectivity index (χ0) is 23.9. The molecule has 1 saturated heterocycles. The summed E-state index contributed by atoms with van der Waals surface area (Å²) in [6.45, 7) is 1.69. The molecule has 34 heavy (non-hydrogen) atoms. The SMILES string of the molecule is CNc1ccc(N(C)C)cc1.O=CN1CCCC(c2nc(C3CCCCC3)c3ccccn23)C1. The van der Waals surface area contributed by atoms with Crippen LogP contribution >= 0.6 is 0 Å². The van der Waals surface area contributed by atoms with E-state index in [1.807, 2.05) is 26.0 Å². The average molecular weight is 462 g/mol. The van der Waals surface area contributed by atoms with Crippen molar-refractivity contribution in [1.82, 2.24) is 14.3 Å². The molecule has 1 aliphatic carbocycles. The van der Waals surface area contributed by atoms with Crippen molar-refractivity contribution in [2.24, 2.45) is 0 Å². The lowest BCUT2D eigenvalue weighted by atomic mass is 9.86. The Morgan fingerprint density at radius 3 is 2.38 bits per heavy atom. The van der Waals surface area contributed by atoms with E-state index in [9.17, 15) is 4.79 Å². The van der Waals surface area contributed by atoms with Gasteiger partial charge in [0.1, 0.15) is 5.82 Å². The van der Waals surface area contributed by atoms with Gasteiger partial charge in [0.2, 0.25) is 6.41 Å². The Balaban J connectivity index is 0.000000210. The van der Waals surface area contributed by atoms with Gasteiger partial charge in [-0.2, -0.15) is 0 Å². The molecule has 1 aliphatic heterocycles. The normalized spacial score (nSPS) is 18.8. The van der Waals surface area contributed by atoms with Crippen LogP contribution in [-0.4, -0.2) is 54.9 Å². The molecule has 0 radical (unpaired) electrons. The summed E-state index contributed by atoms with van der Waals surface area (Å²) in [7, 11) is 5.99. The van der Waals surface area contributed by atoms with Crippen molar-refractivity contribution >= 4 is 23.3 Å². The maximum Gasteiger partial charge on any atom is 0.209 e. The number of aromatic nitrogens is 2. The van der Waals surface area contributed by atoms with Crippen molar-refractivity contribution in [3.8, 4) is 0 Å². The number of piperidine rings is 1. The first-order chi connectivity index (χ1) is 16.6. The molecule has 1 atom stereocenters. The van der Waals surface area contributed by atoms with Gasteiger partial charge in [0.15, 0.2) is 0 Å². The quantitative estimate of drug-likeness (QED) is 0.509. The van der Waals surface area contributed by atoms with Crippen LogP contribution in [0.15, 0.2) is 48.7 Å².